The van der Waals surface area contributed by atoms with E-state index in [-0.39, 0.29) is 12.8 Å². The van der Waals surface area contributed by atoms with Crippen LogP contribution >= 0.6 is 11.6 Å². The Bertz CT molecular complexity index is 279. The lowest BCUT2D eigenvalue weighted by Gasteiger charge is -2.10. The van der Waals surface area contributed by atoms with E-state index in [0.717, 1.165) is 5.88 Å². The molecular formula is C12H22ClNO5. The van der Waals surface area contributed by atoms with Crippen LogP contribution in [0.4, 0.5) is 0 Å². The lowest BCUT2D eigenvalue weighted by Crippen LogP contribution is -2.39. The van der Waals surface area contributed by atoms with Crippen LogP contribution in [0.5, 0.6) is 0 Å². The molecule has 0 saturated heterocycles. The highest BCUT2D eigenvalue weighted by Crippen LogP contribution is 1.97. The molecule has 0 aromatic rings. The van der Waals surface area contributed by atoms with Gasteiger partial charge in [0.1, 0.15) is 6.04 Å². The van der Waals surface area contributed by atoms with Crippen molar-refractivity contribution in [2.75, 3.05) is 5.88 Å². The quantitative estimate of drug-likeness (QED) is 0.468. The van der Waals surface area contributed by atoms with Crippen LogP contribution in [-0.4, -0.2) is 40.0 Å². The fourth-order valence-electron chi connectivity index (χ4n) is 1.12. The number of carboxylic acid groups (broad SMARTS) is 2. The predicted octanol–water partition coefficient (Wildman–Crippen LogP) is 1.86. The summed E-state index contributed by atoms with van der Waals surface area (Å²) >= 11 is 5.38. The summed E-state index contributed by atoms with van der Waals surface area (Å²) in [6.45, 7) is 3.35. The molecule has 1 amide bonds. The molecular weight excluding hydrogens is 274 g/mol. The smallest absolute Gasteiger partial charge is 0.326 e. The highest BCUT2D eigenvalue weighted by atomic mass is 35.5. The Kier molecular flexibility index (Phi) is 13.8. The van der Waals surface area contributed by atoms with Crippen LogP contribution in [0.1, 0.15) is 46.0 Å². The van der Waals surface area contributed by atoms with Gasteiger partial charge in [0.15, 0.2) is 0 Å². The third kappa shape index (κ3) is 16.7. The third-order valence-corrected chi connectivity index (χ3v) is 2.33. The van der Waals surface area contributed by atoms with Crippen molar-refractivity contribution >= 4 is 29.4 Å². The molecule has 0 aliphatic carbocycles. The number of alkyl halides is 1. The third-order valence-electron chi connectivity index (χ3n) is 2.06. The topological polar surface area (TPSA) is 104 Å². The van der Waals surface area contributed by atoms with E-state index in [1.54, 1.807) is 0 Å². The Morgan fingerprint density at radius 3 is 2.05 bits per heavy atom. The zero-order valence-corrected chi connectivity index (χ0v) is 12.1. The molecule has 0 bridgehead atoms. The lowest BCUT2D eigenvalue weighted by molar-refractivity contribution is -0.142. The van der Waals surface area contributed by atoms with E-state index in [4.69, 9.17) is 21.8 Å². The van der Waals surface area contributed by atoms with E-state index >= 15 is 0 Å². The molecule has 0 heterocycles. The number of hydrogen-bond donors (Lipinski definition) is 3. The minimum atomic E-state index is -1.23. The molecule has 19 heavy (non-hydrogen) atoms. The maximum absolute atomic E-state index is 10.5. The number of hydrogen-bond acceptors (Lipinski definition) is 3. The van der Waals surface area contributed by atoms with Gasteiger partial charge in [0, 0.05) is 19.2 Å². The van der Waals surface area contributed by atoms with Gasteiger partial charge in [-0.05, 0) is 12.8 Å². The van der Waals surface area contributed by atoms with E-state index in [1.807, 2.05) is 0 Å². The van der Waals surface area contributed by atoms with Gasteiger partial charge in [0.25, 0.3) is 0 Å². The molecule has 0 aliphatic rings. The molecule has 0 aromatic heterocycles. The second kappa shape index (κ2) is 13.1. The van der Waals surface area contributed by atoms with Crippen molar-refractivity contribution in [2.24, 2.45) is 0 Å². The number of carbonyl (C=O) groups is 3. The number of nitrogens with one attached hydrogen (secondary N) is 1. The molecule has 7 heteroatoms. The van der Waals surface area contributed by atoms with E-state index in [0.29, 0.717) is 0 Å². The minimum absolute atomic E-state index is 0.107. The summed E-state index contributed by atoms with van der Waals surface area (Å²) in [6, 6.07) is -1.12. The van der Waals surface area contributed by atoms with Gasteiger partial charge in [0.05, 0.1) is 0 Å². The van der Waals surface area contributed by atoms with Crippen molar-refractivity contribution in [2.45, 2.75) is 52.0 Å². The molecule has 0 aromatic carbocycles. The van der Waals surface area contributed by atoms with Crippen LogP contribution in [0, 0.1) is 0 Å². The number of unbranched alkanes of at least 4 members (excludes halogenated alkanes) is 2. The largest absolute Gasteiger partial charge is 0.481 e. The van der Waals surface area contributed by atoms with E-state index in [2.05, 4.69) is 12.2 Å². The zero-order valence-electron chi connectivity index (χ0n) is 11.3. The van der Waals surface area contributed by atoms with Gasteiger partial charge in [-0.2, -0.15) is 0 Å². The second-order valence-electron chi connectivity index (χ2n) is 3.92. The van der Waals surface area contributed by atoms with Crippen molar-refractivity contribution in [1.82, 2.24) is 5.32 Å². The molecule has 6 nitrogen and oxygen atoms in total. The summed E-state index contributed by atoms with van der Waals surface area (Å²) in [4.78, 5) is 31.0. The van der Waals surface area contributed by atoms with Gasteiger partial charge in [0.2, 0.25) is 5.91 Å². The summed E-state index contributed by atoms with van der Waals surface area (Å²) in [6.07, 6.45) is 3.34. The summed E-state index contributed by atoms with van der Waals surface area (Å²) in [7, 11) is 0. The Hall–Kier alpha value is -1.30. The number of carboxylic acids is 2. The Morgan fingerprint density at radius 1 is 1.21 bits per heavy atom. The standard InChI is InChI=1S/C7H11NO5.C5H11Cl/c1-4(9)8-5(7(12)13)2-3-6(10)11;1-2-3-4-5-6/h5H,2-3H2,1H3,(H,8,9)(H,10,11)(H,12,13);2-5H2,1H3. The molecule has 0 fully saturated rings. The fourth-order valence-corrected chi connectivity index (χ4v) is 1.30. The summed E-state index contributed by atoms with van der Waals surface area (Å²) in [5.41, 5.74) is 0. The first-order chi connectivity index (χ1) is 8.84. The van der Waals surface area contributed by atoms with Crippen molar-refractivity contribution in [1.29, 1.82) is 0 Å². The first kappa shape index (κ1) is 20.0. The first-order valence-corrected chi connectivity index (χ1v) is 6.66. The van der Waals surface area contributed by atoms with Gasteiger partial charge in [-0.1, -0.05) is 19.8 Å². The Labute approximate surface area is 118 Å². The fraction of sp³-hybridized carbons (Fsp3) is 0.750. The van der Waals surface area contributed by atoms with Crippen LogP contribution < -0.4 is 5.32 Å². The molecule has 112 valence electrons. The average molecular weight is 296 g/mol. The second-order valence-corrected chi connectivity index (χ2v) is 4.30. The highest BCUT2D eigenvalue weighted by molar-refractivity contribution is 6.17. The monoisotopic (exact) mass is 295 g/mol. The van der Waals surface area contributed by atoms with Crippen LogP contribution in [0.25, 0.3) is 0 Å². The normalized spacial score (nSPS) is 10.9. The van der Waals surface area contributed by atoms with Crippen molar-refractivity contribution in [3.63, 3.8) is 0 Å². The van der Waals surface area contributed by atoms with Crippen molar-refractivity contribution in [3.8, 4) is 0 Å². The number of amides is 1. The van der Waals surface area contributed by atoms with Gasteiger partial charge in [-0.15, -0.1) is 11.6 Å². The van der Waals surface area contributed by atoms with Crippen LogP contribution in [0.2, 0.25) is 0 Å². The van der Waals surface area contributed by atoms with Gasteiger partial charge < -0.3 is 15.5 Å². The van der Waals surface area contributed by atoms with Crippen molar-refractivity contribution < 1.29 is 24.6 Å². The van der Waals surface area contributed by atoms with Crippen LogP contribution in [0.15, 0.2) is 0 Å². The molecule has 0 spiro atoms. The molecule has 0 radical (unpaired) electrons. The number of rotatable bonds is 8. The number of aliphatic carboxylic acids is 2. The summed E-state index contributed by atoms with van der Waals surface area (Å²) < 4.78 is 0. The molecule has 0 aliphatic heterocycles. The van der Waals surface area contributed by atoms with Gasteiger partial charge in [-0.25, -0.2) is 4.79 Å². The first-order valence-electron chi connectivity index (χ1n) is 6.12. The van der Waals surface area contributed by atoms with E-state index in [1.165, 1.54) is 26.2 Å². The molecule has 1 atom stereocenters. The number of carbonyl (C=O) groups excluding carboxylic acids is 1. The lowest BCUT2D eigenvalue weighted by atomic mass is 10.1. The average Bonchev–Trinajstić information content (AvgIpc) is 2.31. The summed E-state index contributed by atoms with van der Waals surface area (Å²) in [5, 5.41) is 18.9. The van der Waals surface area contributed by atoms with Gasteiger partial charge in [-0.3, -0.25) is 9.59 Å². The van der Waals surface area contributed by atoms with E-state index < -0.39 is 23.9 Å². The van der Waals surface area contributed by atoms with E-state index in [9.17, 15) is 14.4 Å². The summed E-state index contributed by atoms with van der Waals surface area (Å²) in [5.74, 6) is -1.97. The molecule has 0 saturated carbocycles. The van der Waals surface area contributed by atoms with Gasteiger partial charge >= 0.3 is 11.9 Å². The van der Waals surface area contributed by atoms with Crippen LogP contribution in [0.3, 0.4) is 0 Å². The van der Waals surface area contributed by atoms with Crippen LogP contribution in [-0.2, 0) is 14.4 Å². The SMILES string of the molecule is CC(=O)NC(CCC(=O)O)C(=O)O.CCCCCCl. The molecule has 1 unspecified atom stereocenters. The maximum Gasteiger partial charge on any atom is 0.326 e. The Morgan fingerprint density at radius 2 is 1.79 bits per heavy atom. The molecule has 0 rings (SSSR count). The number of halogens is 1. The minimum Gasteiger partial charge on any atom is -0.481 e. The maximum atomic E-state index is 10.5. The predicted molar refractivity (Wildman–Crippen MR) is 72.4 cm³/mol. The highest BCUT2D eigenvalue weighted by Gasteiger charge is 2.18. The zero-order chi connectivity index (χ0) is 15.3. The van der Waals surface area contributed by atoms with Crippen molar-refractivity contribution in [3.05, 3.63) is 0 Å². The Balaban J connectivity index is 0. The molecule has 3 N–H and O–H groups in total.